The van der Waals surface area contributed by atoms with Crippen molar-refractivity contribution < 1.29 is 9.53 Å². The van der Waals surface area contributed by atoms with Crippen LogP contribution in [0, 0.1) is 0 Å². The van der Waals surface area contributed by atoms with Gasteiger partial charge in [-0.15, -0.1) is 10.2 Å². The molecule has 1 amide bonds. The molecule has 0 aliphatic heterocycles. The van der Waals surface area contributed by atoms with E-state index in [-0.39, 0.29) is 5.91 Å². The Bertz CT molecular complexity index is 485. The standard InChI is InChI=1S/C10H9N3O2S/c1-15-8-5-3-2-4-7(8)9(14)12-10-13-11-6-16-10/h2-6H,1H3,(H,12,13,14). The van der Waals surface area contributed by atoms with Gasteiger partial charge in [0.15, 0.2) is 0 Å². The van der Waals surface area contributed by atoms with Gasteiger partial charge in [-0.1, -0.05) is 23.5 Å². The van der Waals surface area contributed by atoms with E-state index >= 15 is 0 Å². The molecule has 0 radical (unpaired) electrons. The summed E-state index contributed by atoms with van der Waals surface area (Å²) in [4.78, 5) is 11.8. The predicted octanol–water partition coefficient (Wildman–Crippen LogP) is 1.80. The van der Waals surface area contributed by atoms with Gasteiger partial charge in [-0.25, -0.2) is 0 Å². The first-order chi connectivity index (χ1) is 7.81. The van der Waals surface area contributed by atoms with Crippen molar-refractivity contribution in [2.45, 2.75) is 0 Å². The van der Waals surface area contributed by atoms with Crippen LogP contribution in [0.4, 0.5) is 5.13 Å². The summed E-state index contributed by atoms with van der Waals surface area (Å²) in [6, 6.07) is 7.00. The minimum absolute atomic E-state index is 0.255. The van der Waals surface area contributed by atoms with Gasteiger partial charge in [0.2, 0.25) is 5.13 Å². The number of ether oxygens (including phenoxy) is 1. The highest BCUT2D eigenvalue weighted by atomic mass is 32.1. The third-order valence-electron chi connectivity index (χ3n) is 1.93. The van der Waals surface area contributed by atoms with Crippen molar-refractivity contribution in [2.75, 3.05) is 12.4 Å². The fraction of sp³-hybridized carbons (Fsp3) is 0.100. The van der Waals surface area contributed by atoms with Crippen molar-refractivity contribution in [3.05, 3.63) is 35.3 Å². The lowest BCUT2D eigenvalue weighted by Crippen LogP contribution is -2.12. The first kappa shape index (κ1) is 10.6. The van der Waals surface area contributed by atoms with Crippen LogP contribution in [0.2, 0.25) is 0 Å². The zero-order valence-electron chi connectivity index (χ0n) is 8.51. The maximum absolute atomic E-state index is 11.8. The summed E-state index contributed by atoms with van der Waals surface area (Å²) in [5, 5.41) is 10.5. The summed E-state index contributed by atoms with van der Waals surface area (Å²) in [6.07, 6.45) is 0. The van der Waals surface area contributed by atoms with Gasteiger partial charge >= 0.3 is 0 Å². The second-order valence-corrected chi connectivity index (χ2v) is 3.73. The molecule has 2 aromatic rings. The molecule has 0 spiro atoms. The van der Waals surface area contributed by atoms with E-state index in [0.29, 0.717) is 16.4 Å². The lowest BCUT2D eigenvalue weighted by atomic mass is 10.2. The number of aromatic nitrogens is 2. The normalized spacial score (nSPS) is 9.81. The molecular weight excluding hydrogens is 226 g/mol. The molecule has 0 aliphatic carbocycles. The fourth-order valence-electron chi connectivity index (χ4n) is 1.22. The second-order valence-electron chi connectivity index (χ2n) is 2.90. The molecule has 0 unspecified atom stereocenters. The molecule has 1 aromatic carbocycles. The molecule has 0 atom stereocenters. The first-order valence-corrected chi connectivity index (χ1v) is 5.40. The topological polar surface area (TPSA) is 64.1 Å². The zero-order valence-corrected chi connectivity index (χ0v) is 9.32. The van der Waals surface area contributed by atoms with Crippen LogP contribution in [0.3, 0.4) is 0 Å². The van der Waals surface area contributed by atoms with Crippen LogP contribution in [0.5, 0.6) is 5.75 Å². The van der Waals surface area contributed by atoms with E-state index in [1.165, 1.54) is 18.4 Å². The Kier molecular flexibility index (Phi) is 3.11. The molecule has 0 fully saturated rings. The lowest BCUT2D eigenvalue weighted by molar-refractivity contribution is 0.102. The fourth-order valence-corrected chi connectivity index (χ4v) is 1.66. The van der Waals surface area contributed by atoms with Crippen molar-refractivity contribution in [3.63, 3.8) is 0 Å². The van der Waals surface area contributed by atoms with Crippen molar-refractivity contribution in [1.82, 2.24) is 10.2 Å². The summed E-state index contributed by atoms with van der Waals surface area (Å²) in [5.74, 6) is 0.277. The first-order valence-electron chi connectivity index (χ1n) is 4.52. The van der Waals surface area contributed by atoms with Crippen molar-refractivity contribution in [1.29, 1.82) is 0 Å². The van der Waals surface area contributed by atoms with Gasteiger partial charge in [-0.05, 0) is 12.1 Å². The number of rotatable bonds is 3. The number of carbonyl (C=O) groups excluding carboxylic acids is 1. The highest BCUT2D eigenvalue weighted by molar-refractivity contribution is 7.13. The summed E-state index contributed by atoms with van der Waals surface area (Å²) in [7, 11) is 1.52. The lowest BCUT2D eigenvalue weighted by Gasteiger charge is -2.06. The molecule has 1 N–H and O–H groups in total. The average molecular weight is 235 g/mol. The Morgan fingerprint density at radius 2 is 2.25 bits per heavy atom. The number of benzene rings is 1. The number of para-hydroxylation sites is 1. The van der Waals surface area contributed by atoms with E-state index < -0.39 is 0 Å². The Hall–Kier alpha value is -1.95. The van der Waals surface area contributed by atoms with E-state index in [0.717, 1.165) is 0 Å². The van der Waals surface area contributed by atoms with E-state index in [1.807, 2.05) is 0 Å². The summed E-state index contributed by atoms with van der Waals surface area (Å²) < 4.78 is 5.09. The summed E-state index contributed by atoms with van der Waals surface area (Å²) in [6.45, 7) is 0. The van der Waals surface area contributed by atoms with Gasteiger partial charge in [0.1, 0.15) is 11.3 Å². The molecule has 16 heavy (non-hydrogen) atoms. The number of hydrogen-bond donors (Lipinski definition) is 1. The van der Waals surface area contributed by atoms with Crippen LogP contribution in [0.15, 0.2) is 29.8 Å². The molecular formula is C10H9N3O2S. The van der Waals surface area contributed by atoms with Crippen LogP contribution >= 0.6 is 11.3 Å². The zero-order chi connectivity index (χ0) is 11.4. The van der Waals surface area contributed by atoms with E-state index in [9.17, 15) is 4.79 Å². The Balaban J connectivity index is 2.21. The number of methoxy groups -OCH3 is 1. The van der Waals surface area contributed by atoms with Crippen molar-refractivity contribution >= 4 is 22.4 Å². The number of nitrogens with zero attached hydrogens (tertiary/aromatic N) is 2. The highest BCUT2D eigenvalue weighted by Crippen LogP contribution is 2.19. The Morgan fingerprint density at radius 3 is 2.94 bits per heavy atom. The molecule has 5 nitrogen and oxygen atoms in total. The largest absolute Gasteiger partial charge is 0.496 e. The minimum atomic E-state index is -0.255. The van der Waals surface area contributed by atoms with Crippen molar-refractivity contribution in [3.8, 4) is 5.75 Å². The maximum Gasteiger partial charge on any atom is 0.261 e. The van der Waals surface area contributed by atoms with E-state index in [1.54, 1.807) is 29.8 Å². The molecule has 0 saturated heterocycles. The van der Waals surface area contributed by atoms with Gasteiger partial charge in [-0.2, -0.15) is 0 Å². The molecule has 0 aliphatic rings. The third kappa shape index (κ3) is 2.17. The molecule has 1 heterocycles. The summed E-state index contributed by atoms with van der Waals surface area (Å²) >= 11 is 1.26. The number of anilines is 1. The molecule has 82 valence electrons. The van der Waals surface area contributed by atoms with Crippen molar-refractivity contribution in [2.24, 2.45) is 0 Å². The van der Waals surface area contributed by atoms with E-state index in [4.69, 9.17) is 4.74 Å². The SMILES string of the molecule is COc1ccccc1C(=O)Nc1nncs1. The van der Waals surface area contributed by atoms with Crippen LogP contribution in [-0.4, -0.2) is 23.2 Å². The molecule has 0 saturated carbocycles. The van der Waals surface area contributed by atoms with E-state index in [2.05, 4.69) is 15.5 Å². The molecule has 0 bridgehead atoms. The molecule has 2 rings (SSSR count). The monoisotopic (exact) mass is 235 g/mol. The van der Waals surface area contributed by atoms with Gasteiger partial charge in [0, 0.05) is 0 Å². The molecule has 1 aromatic heterocycles. The van der Waals surface area contributed by atoms with Gasteiger partial charge < -0.3 is 4.74 Å². The van der Waals surface area contributed by atoms with Crippen LogP contribution in [-0.2, 0) is 0 Å². The van der Waals surface area contributed by atoms with Gasteiger partial charge in [0.05, 0.1) is 12.7 Å². The average Bonchev–Trinajstić information content (AvgIpc) is 2.81. The predicted molar refractivity (Wildman–Crippen MR) is 60.9 cm³/mol. The highest BCUT2D eigenvalue weighted by Gasteiger charge is 2.12. The summed E-state index contributed by atoms with van der Waals surface area (Å²) in [5.41, 5.74) is 2.03. The number of amides is 1. The maximum atomic E-state index is 11.8. The Labute approximate surface area is 96.1 Å². The third-order valence-corrected chi connectivity index (χ3v) is 2.54. The number of carbonyl (C=O) groups is 1. The number of hydrogen-bond acceptors (Lipinski definition) is 5. The smallest absolute Gasteiger partial charge is 0.261 e. The van der Waals surface area contributed by atoms with Crippen LogP contribution in [0.25, 0.3) is 0 Å². The minimum Gasteiger partial charge on any atom is -0.496 e. The van der Waals surface area contributed by atoms with Crippen LogP contribution in [0.1, 0.15) is 10.4 Å². The quantitative estimate of drug-likeness (QED) is 0.881. The Morgan fingerprint density at radius 1 is 1.44 bits per heavy atom. The van der Waals surface area contributed by atoms with Crippen LogP contribution < -0.4 is 10.1 Å². The molecule has 6 heteroatoms. The van der Waals surface area contributed by atoms with Gasteiger partial charge in [0.25, 0.3) is 5.91 Å². The van der Waals surface area contributed by atoms with Gasteiger partial charge in [-0.3, -0.25) is 10.1 Å². The second kappa shape index (κ2) is 4.71. The number of nitrogens with one attached hydrogen (secondary N) is 1.